The third-order valence-corrected chi connectivity index (χ3v) is 4.03. The van der Waals surface area contributed by atoms with Crippen LogP contribution in [0.2, 0.25) is 0 Å². The second-order valence-electron chi connectivity index (χ2n) is 4.33. The van der Waals surface area contributed by atoms with E-state index in [1.54, 1.807) is 0 Å². The van der Waals surface area contributed by atoms with Gasteiger partial charge in [0.1, 0.15) is 21.6 Å². The quantitative estimate of drug-likeness (QED) is 0.215. The summed E-state index contributed by atoms with van der Waals surface area (Å²) in [6, 6.07) is -0.0769. The number of hydrogen-bond acceptors (Lipinski definition) is 5. The maximum atomic E-state index is 13.1. The van der Waals surface area contributed by atoms with Crippen LogP contribution in [0.25, 0.3) is 0 Å². The van der Waals surface area contributed by atoms with Crippen LogP contribution in [0.1, 0.15) is 0 Å². The molecule has 0 spiro atoms. The molecule has 150 valence electrons. The van der Waals surface area contributed by atoms with E-state index in [-0.39, 0.29) is 47.8 Å². The molecule has 0 aliphatic rings. The predicted octanol–water partition coefficient (Wildman–Crippen LogP) is 1.51. The Morgan fingerprint density at radius 3 is 1.30 bits per heavy atom. The van der Waals surface area contributed by atoms with E-state index in [0.717, 1.165) is 0 Å². The third-order valence-electron chi connectivity index (χ3n) is 2.29. The van der Waals surface area contributed by atoms with E-state index in [1.165, 1.54) is 31.9 Å². The molecule has 0 heterocycles. The van der Waals surface area contributed by atoms with Gasteiger partial charge in [0, 0.05) is 37.9 Å². The van der Waals surface area contributed by atoms with Crippen LogP contribution < -0.4 is 39.0 Å². The summed E-state index contributed by atoms with van der Waals surface area (Å²) >= 11 is 2.53. The molecule has 0 atom stereocenters. The summed E-state index contributed by atoms with van der Waals surface area (Å²) in [6.07, 6.45) is -10.7. The molecule has 0 bridgehead atoms. The number of alkyl halides is 10. The molecule has 0 saturated carbocycles. The van der Waals surface area contributed by atoms with Gasteiger partial charge in [0.05, 0.1) is 4.90 Å². The Balaban J connectivity index is 0.00000676. The second kappa shape index (κ2) is 8.47. The Bertz CT molecular complexity index is 735. The first-order chi connectivity index (χ1) is 11.3. The summed E-state index contributed by atoms with van der Waals surface area (Å²) in [6.45, 7) is 0. The minimum Gasteiger partial charge on any atom is -0.744 e. The van der Waals surface area contributed by atoms with Gasteiger partial charge < -0.3 is 14.0 Å². The van der Waals surface area contributed by atoms with Crippen LogP contribution in [0, 0.1) is 0 Å². The van der Waals surface area contributed by atoms with E-state index in [0.29, 0.717) is 0 Å². The minimum atomic E-state index is -5.53. The van der Waals surface area contributed by atoms with E-state index in [2.05, 4.69) is 9.47 Å². The van der Waals surface area contributed by atoms with Crippen molar-refractivity contribution >= 4 is 42.0 Å². The van der Waals surface area contributed by atoms with Crippen molar-refractivity contribution in [1.82, 2.24) is 0 Å². The molecule has 1 aromatic rings. The molecule has 17 heteroatoms. The Labute approximate surface area is 184 Å². The number of halogens is 10. The molecule has 0 aliphatic carbocycles. The predicted molar refractivity (Wildman–Crippen MR) is 73.3 cm³/mol. The van der Waals surface area contributed by atoms with Crippen LogP contribution in [0.5, 0.6) is 11.5 Å². The number of ether oxygens (including phenoxy) is 2. The van der Waals surface area contributed by atoms with Gasteiger partial charge in [-0.05, 0) is 12.1 Å². The summed E-state index contributed by atoms with van der Waals surface area (Å²) in [5.74, 6) is -3.12. The Hall–Kier alpha value is 0.130. The van der Waals surface area contributed by atoms with Crippen LogP contribution in [0.3, 0.4) is 0 Å². The second-order valence-corrected chi connectivity index (χ2v) is 7.70. The smallest absolute Gasteiger partial charge is 0.744 e. The average Bonchev–Trinajstić information content (AvgIpc) is 2.33. The first-order valence-electron chi connectivity index (χ1n) is 5.64. The molecule has 1 aromatic carbocycles. The largest absolute Gasteiger partial charge is 1.00 e. The van der Waals surface area contributed by atoms with Crippen molar-refractivity contribution in [3.63, 3.8) is 0 Å². The van der Waals surface area contributed by atoms with Gasteiger partial charge in [-0.25, -0.2) is 8.42 Å². The first-order valence-corrected chi connectivity index (χ1v) is 8.64. The fraction of sp³-hybridized carbons (Fsp3) is 0.400. The molecule has 0 aromatic heterocycles. The molecule has 0 fully saturated rings. The van der Waals surface area contributed by atoms with Gasteiger partial charge in [-0.1, -0.05) is 0 Å². The maximum Gasteiger partial charge on any atom is 1.00 e. The van der Waals surface area contributed by atoms with Crippen molar-refractivity contribution in [2.24, 2.45) is 0 Å². The van der Waals surface area contributed by atoms with Gasteiger partial charge in [0.15, 0.2) is 0 Å². The molecule has 0 amide bonds. The van der Waals surface area contributed by atoms with Gasteiger partial charge in [-0.3, -0.25) is 0 Å². The molecule has 1 rings (SSSR count). The van der Waals surface area contributed by atoms with Crippen molar-refractivity contribution in [2.45, 2.75) is 26.8 Å². The van der Waals surface area contributed by atoms with Crippen molar-refractivity contribution in [3.05, 3.63) is 18.2 Å². The molecule has 0 unspecified atom stereocenters. The van der Waals surface area contributed by atoms with Crippen LogP contribution in [-0.2, 0) is 10.1 Å². The average molecular weight is 570 g/mol. The molecule has 5 nitrogen and oxygen atoms in total. The molecule has 0 N–H and O–H groups in total. The van der Waals surface area contributed by atoms with E-state index in [9.17, 15) is 48.1 Å². The molecular weight excluding hydrogens is 567 g/mol. The van der Waals surface area contributed by atoms with Crippen LogP contribution >= 0.6 is 31.9 Å². The summed E-state index contributed by atoms with van der Waals surface area (Å²) in [5.41, 5.74) is 0. The Morgan fingerprint density at radius 2 is 1.07 bits per heavy atom. The summed E-state index contributed by atoms with van der Waals surface area (Å²) in [7, 11) is -5.53. The van der Waals surface area contributed by atoms with Crippen molar-refractivity contribution in [3.8, 4) is 11.5 Å². The SMILES string of the molecule is O=S(=O)([O-])c1cc(OC(F)(F)C(F)(F)Br)cc(OC(F)(F)C(F)(F)Br)c1.[Na+]. The normalized spacial score (nSPS) is 13.7. The van der Waals surface area contributed by atoms with Gasteiger partial charge in [-0.15, -0.1) is 0 Å². The minimum absolute atomic E-state index is 0. The topological polar surface area (TPSA) is 75.7 Å². The molecule has 0 radical (unpaired) electrons. The zero-order valence-corrected chi connectivity index (χ0v) is 18.4. The zero-order valence-electron chi connectivity index (χ0n) is 12.5. The van der Waals surface area contributed by atoms with E-state index in [1.807, 2.05) is 0 Å². The number of hydrogen-bond donors (Lipinski definition) is 0. The maximum absolute atomic E-state index is 13.1. The van der Waals surface area contributed by atoms with Gasteiger partial charge in [0.2, 0.25) is 0 Å². The van der Waals surface area contributed by atoms with Gasteiger partial charge in [-0.2, -0.15) is 35.1 Å². The number of benzene rings is 1. The Morgan fingerprint density at radius 1 is 0.778 bits per heavy atom. The number of rotatable bonds is 7. The molecule has 0 saturated heterocycles. The Kier molecular flexibility index (Phi) is 8.51. The zero-order chi connectivity index (χ0) is 20.8. The fourth-order valence-electron chi connectivity index (χ4n) is 1.22. The molecule has 27 heavy (non-hydrogen) atoms. The fourth-order valence-corrected chi connectivity index (χ4v) is 1.90. The monoisotopic (exact) mass is 568 g/mol. The van der Waals surface area contributed by atoms with E-state index >= 15 is 0 Å². The molecular formula is C10H3Br2F8NaO5S. The summed E-state index contributed by atoms with van der Waals surface area (Å²) in [5, 5.41) is 0. The summed E-state index contributed by atoms with van der Waals surface area (Å²) in [4.78, 5) is -11.5. The third kappa shape index (κ3) is 7.15. The first kappa shape index (κ1) is 27.1. The van der Waals surface area contributed by atoms with Gasteiger partial charge >= 0.3 is 51.4 Å². The van der Waals surface area contributed by atoms with Crippen LogP contribution in [0.4, 0.5) is 35.1 Å². The standard InChI is InChI=1S/C10H4Br2F8O5S.Na/c11-7(13,14)9(17,18)24-4-1-5(3-6(2-4)26(21,22)23)25-10(19,20)8(12,15)16;/h1-3H,(H,21,22,23);/q;+1/p-1. The van der Waals surface area contributed by atoms with Crippen LogP contribution in [0.15, 0.2) is 23.1 Å². The van der Waals surface area contributed by atoms with Crippen molar-refractivity contribution in [1.29, 1.82) is 0 Å². The van der Waals surface area contributed by atoms with Gasteiger partial charge in [0.25, 0.3) is 0 Å². The van der Waals surface area contributed by atoms with E-state index < -0.39 is 48.4 Å². The van der Waals surface area contributed by atoms with Crippen molar-refractivity contribution < 1.29 is 87.1 Å². The van der Waals surface area contributed by atoms with E-state index in [4.69, 9.17) is 0 Å². The van der Waals surface area contributed by atoms with Crippen LogP contribution in [-0.4, -0.2) is 34.9 Å². The van der Waals surface area contributed by atoms with Crippen molar-refractivity contribution in [2.75, 3.05) is 0 Å². The molecule has 0 aliphatic heterocycles. The summed E-state index contributed by atoms with van der Waals surface area (Å²) < 4.78 is 143.